The van der Waals surface area contributed by atoms with E-state index in [2.05, 4.69) is 27.3 Å². The zero-order valence-electron chi connectivity index (χ0n) is 29.4. The molecule has 1 aliphatic carbocycles. The van der Waals surface area contributed by atoms with Crippen LogP contribution in [0.3, 0.4) is 0 Å². The Labute approximate surface area is 280 Å². The molecule has 1 aliphatic heterocycles. The normalized spacial score (nSPS) is 28.2. The van der Waals surface area contributed by atoms with Crippen LogP contribution < -0.4 is 21.3 Å². The van der Waals surface area contributed by atoms with Crippen molar-refractivity contribution in [2.75, 3.05) is 39.9 Å². The molecule has 2 aliphatic rings. The first-order valence-corrected chi connectivity index (χ1v) is 17.0. The third-order valence-corrected chi connectivity index (χ3v) is 9.21. The highest BCUT2D eigenvalue weighted by Crippen LogP contribution is 2.37. The summed E-state index contributed by atoms with van der Waals surface area (Å²) in [6.45, 7) is 13.3. The largest absolute Gasteiger partial charge is 0.390 e. The number of amides is 3. The zero-order chi connectivity index (χ0) is 35.2. The van der Waals surface area contributed by atoms with E-state index in [0.717, 1.165) is 6.42 Å². The highest BCUT2D eigenvalue weighted by Gasteiger charge is 2.45. The Morgan fingerprint density at radius 2 is 1.66 bits per heavy atom. The fourth-order valence-corrected chi connectivity index (χ4v) is 6.00. The predicted molar refractivity (Wildman–Crippen MR) is 177 cm³/mol. The highest BCUT2D eigenvalue weighted by molar-refractivity contribution is 5.81. The van der Waals surface area contributed by atoms with Crippen LogP contribution in [0.2, 0.25) is 0 Å². The monoisotopic (exact) mass is 668 g/mol. The summed E-state index contributed by atoms with van der Waals surface area (Å²) in [6, 6.07) is 2.31. The van der Waals surface area contributed by atoms with Gasteiger partial charge in [-0.05, 0) is 52.4 Å². The number of hydrogen-bond acceptors (Lipinski definition) is 10. The van der Waals surface area contributed by atoms with E-state index >= 15 is 0 Å². The second-order valence-electron chi connectivity index (χ2n) is 14.0. The number of aliphatic hydroxyl groups excluding tert-OH is 2. The van der Waals surface area contributed by atoms with E-state index < -0.39 is 35.6 Å². The molecule has 2 rings (SSSR count). The average molecular weight is 669 g/mol. The molecule has 0 aromatic carbocycles. The fourth-order valence-electron chi connectivity index (χ4n) is 6.00. The lowest BCUT2D eigenvalue weighted by atomic mass is 9.76. The topological polar surface area (TPSA) is 177 Å². The third-order valence-electron chi connectivity index (χ3n) is 9.21. The Morgan fingerprint density at radius 1 is 0.979 bits per heavy atom. The van der Waals surface area contributed by atoms with E-state index in [4.69, 9.17) is 25.4 Å². The molecule has 2 fully saturated rings. The van der Waals surface area contributed by atoms with Gasteiger partial charge in [0.2, 0.25) is 17.7 Å². The minimum Gasteiger partial charge on any atom is -0.390 e. The molecule has 0 bridgehead atoms. The number of hydrogen-bond donors (Lipinski definition) is 6. The van der Waals surface area contributed by atoms with E-state index in [-0.39, 0.29) is 48.2 Å². The molecule has 13 nitrogen and oxygen atoms in total. The van der Waals surface area contributed by atoms with Crippen molar-refractivity contribution < 1.29 is 43.5 Å². The minimum atomic E-state index is -1.15. The van der Waals surface area contributed by atoms with E-state index in [0.29, 0.717) is 64.9 Å². The maximum atomic E-state index is 13.1. The van der Waals surface area contributed by atoms with Crippen LogP contribution in [0, 0.1) is 29.7 Å². The molecule has 0 aromatic heterocycles. The highest BCUT2D eigenvalue weighted by atomic mass is 16.7. The van der Waals surface area contributed by atoms with Crippen LogP contribution in [-0.2, 0) is 33.3 Å². The van der Waals surface area contributed by atoms with E-state index in [1.165, 1.54) is 0 Å². The van der Waals surface area contributed by atoms with Gasteiger partial charge in [-0.3, -0.25) is 14.4 Å². The van der Waals surface area contributed by atoms with Crippen molar-refractivity contribution in [3.63, 3.8) is 0 Å². The van der Waals surface area contributed by atoms with Crippen LogP contribution in [0.15, 0.2) is 0 Å². The summed E-state index contributed by atoms with van der Waals surface area (Å²) in [5, 5.41) is 32.0. The second-order valence-corrected chi connectivity index (χ2v) is 14.0. The van der Waals surface area contributed by atoms with Gasteiger partial charge in [-0.15, -0.1) is 0 Å². The number of nitrogens with one attached hydrogen (secondary N) is 4. The summed E-state index contributed by atoms with van der Waals surface area (Å²) < 4.78 is 23.7. The third kappa shape index (κ3) is 13.5. The van der Waals surface area contributed by atoms with Crippen LogP contribution in [0.1, 0.15) is 86.5 Å². The molecule has 13 heteroatoms. The lowest BCUT2D eigenvalue weighted by molar-refractivity contribution is -0.297. The molecule has 0 aromatic rings. The fraction of sp³-hybridized carbons (Fsp3) is 0.853. The van der Waals surface area contributed by atoms with Gasteiger partial charge in [-0.2, -0.15) is 0 Å². The molecule has 1 saturated heterocycles. The Morgan fingerprint density at radius 3 is 2.32 bits per heavy atom. The molecule has 3 amide bonds. The van der Waals surface area contributed by atoms with E-state index in [1.54, 1.807) is 7.11 Å². The maximum absolute atomic E-state index is 13.1. The first-order chi connectivity index (χ1) is 22.1. The smallest absolute Gasteiger partial charge is 0.225 e. The Kier molecular flexibility index (Phi) is 16.9. The molecule has 8 atom stereocenters. The summed E-state index contributed by atoms with van der Waals surface area (Å²) >= 11 is 0. The van der Waals surface area contributed by atoms with Crippen molar-refractivity contribution in [3.05, 3.63) is 0 Å². The maximum Gasteiger partial charge on any atom is 0.225 e. The molecular formula is C34H60N4O9. The molecule has 1 heterocycles. The van der Waals surface area contributed by atoms with Crippen LogP contribution in [-0.4, -0.2) is 110 Å². The van der Waals surface area contributed by atoms with Crippen LogP contribution in [0.4, 0.5) is 0 Å². The van der Waals surface area contributed by atoms with Crippen LogP contribution >= 0.6 is 0 Å². The molecular weight excluding hydrogens is 608 g/mol. The van der Waals surface area contributed by atoms with Gasteiger partial charge in [0.05, 0.1) is 30.0 Å². The minimum absolute atomic E-state index is 0.00934. The first kappa shape index (κ1) is 40.7. The number of methoxy groups -OCH3 is 1. The SMILES string of the molecule is C#CNCCNC(=O)C(C)(C)CCOC(C)(C)CCC(=O)NCCNC(=O)[C@@H]1C[C@H](CC)[C@@H](O[C@@H]2O[C@@H](C)C[C@@H](O)[C@@H]2O)[C@H](OC)C1. The number of ether oxygens (including phenoxy) is 4. The summed E-state index contributed by atoms with van der Waals surface area (Å²) in [5.74, 6) is -0.611. The van der Waals surface area contributed by atoms with Gasteiger partial charge >= 0.3 is 0 Å². The lowest BCUT2D eigenvalue weighted by Gasteiger charge is -2.44. The first-order valence-electron chi connectivity index (χ1n) is 17.0. The van der Waals surface area contributed by atoms with Crippen molar-refractivity contribution in [2.45, 2.75) is 129 Å². The molecule has 0 unspecified atom stereocenters. The van der Waals surface area contributed by atoms with Gasteiger partial charge in [0.25, 0.3) is 0 Å². The summed E-state index contributed by atoms with van der Waals surface area (Å²) in [4.78, 5) is 38.1. The van der Waals surface area contributed by atoms with Gasteiger partial charge in [0, 0.05) is 70.1 Å². The predicted octanol–water partition coefficient (Wildman–Crippen LogP) is 1.20. The van der Waals surface area contributed by atoms with Crippen molar-refractivity contribution in [1.82, 2.24) is 21.3 Å². The number of terminal acetylenes is 1. The molecule has 0 spiro atoms. The lowest BCUT2D eigenvalue weighted by Crippen LogP contribution is -2.54. The molecule has 47 heavy (non-hydrogen) atoms. The molecule has 6 N–H and O–H groups in total. The number of carbonyl (C=O) groups excluding carboxylic acids is 3. The van der Waals surface area contributed by atoms with Crippen LogP contribution in [0.25, 0.3) is 0 Å². The van der Waals surface area contributed by atoms with Crippen molar-refractivity contribution in [2.24, 2.45) is 17.3 Å². The summed E-state index contributed by atoms with van der Waals surface area (Å²) in [6.07, 6.45) is 4.47. The number of aliphatic hydroxyl groups is 2. The summed E-state index contributed by atoms with van der Waals surface area (Å²) in [7, 11) is 1.58. The standard InChI is InChI=1S/C34H60N4O9/c1-9-23-20-24(21-26(44-8)29(23)47-31-28(41)25(39)19-22(3)46-31)30(42)37-17-16-36-27(40)11-12-34(6,7)45-18-13-33(4,5)32(43)38-15-14-35-10-2/h2,22-26,28-29,31,35,39,41H,9,11-21H2,1,3-8H3,(H,36,40)(H,37,42)(H,38,43)/t22-,23-,24+,25+,26+,28-,29+,31-/m0/s1. The van der Waals surface area contributed by atoms with Crippen molar-refractivity contribution in [1.29, 1.82) is 0 Å². The van der Waals surface area contributed by atoms with E-state index in [9.17, 15) is 24.6 Å². The Bertz CT molecular complexity index is 1020. The molecule has 270 valence electrons. The zero-order valence-corrected chi connectivity index (χ0v) is 29.4. The summed E-state index contributed by atoms with van der Waals surface area (Å²) in [5.41, 5.74) is -1.16. The number of rotatable bonds is 19. The van der Waals surface area contributed by atoms with Gasteiger partial charge in [0.15, 0.2) is 6.29 Å². The molecule has 1 saturated carbocycles. The van der Waals surface area contributed by atoms with Gasteiger partial charge in [-0.1, -0.05) is 33.6 Å². The van der Waals surface area contributed by atoms with Gasteiger partial charge in [0.1, 0.15) is 6.10 Å². The van der Waals surface area contributed by atoms with Crippen molar-refractivity contribution in [3.8, 4) is 12.5 Å². The van der Waals surface area contributed by atoms with Crippen molar-refractivity contribution >= 4 is 17.7 Å². The van der Waals surface area contributed by atoms with Crippen LogP contribution in [0.5, 0.6) is 0 Å². The quantitative estimate of drug-likeness (QED) is 0.0666. The Hall–Kier alpha value is -2.47. The van der Waals surface area contributed by atoms with Gasteiger partial charge in [-0.25, -0.2) is 0 Å². The molecule has 0 radical (unpaired) electrons. The number of carbonyl (C=O) groups is 3. The van der Waals surface area contributed by atoms with E-state index in [1.807, 2.05) is 41.5 Å². The Balaban J connectivity index is 1.71. The second kappa shape index (κ2) is 19.5. The van der Waals surface area contributed by atoms with Gasteiger partial charge < -0.3 is 50.4 Å². The average Bonchev–Trinajstić information content (AvgIpc) is 3.02.